The zero-order chi connectivity index (χ0) is 13.8. The van der Waals surface area contributed by atoms with Crippen molar-refractivity contribution in [1.29, 1.82) is 0 Å². The first-order valence-corrected chi connectivity index (χ1v) is 6.93. The van der Waals surface area contributed by atoms with Crippen molar-refractivity contribution in [3.05, 3.63) is 27.7 Å². The van der Waals surface area contributed by atoms with E-state index >= 15 is 0 Å². The number of fused-ring (bicyclic) bond motifs is 1. The molecule has 0 aliphatic carbocycles. The summed E-state index contributed by atoms with van der Waals surface area (Å²) in [6, 6.07) is 3.65. The summed E-state index contributed by atoms with van der Waals surface area (Å²) in [5.41, 5.74) is 0.959. The lowest BCUT2D eigenvalue weighted by Gasteiger charge is -2.27. The van der Waals surface area contributed by atoms with Gasteiger partial charge in [-0.3, -0.25) is 4.79 Å². The molecule has 0 saturated carbocycles. The van der Waals surface area contributed by atoms with Crippen molar-refractivity contribution >= 4 is 29.1 Å². The third-order valence-corrected chi connectivity index (χ3v) is 3.59. The zero-order valence-electron chi connectivity index (χ0n) is 10.6. The van der Waals surface area contributed by atoms with E-state index < -0.39 is 0 Å². The quantitative estimate of drug-likeness (QED) is 0.899. The highest BCUT2D eigenvalue weighted by Gasteiger charge is 2.23. The van der Waals surface area contributed by atoms with E-state index in [0.717, 1.165) is 12.0 Å². The van der Waals surface area contributed by atoms with Gasteiger partial charge in [0.25, 0.3) is 0 Å². The van der Waals surface area contributed by atoms with Crippen LogP contribution in [0.5, 0.6) is 5.75 Å². The minimum atomic E-state index is 0.0175. The van der Waals surface area contributed by atoms with Crippen LogP contribution in [0.15, 0.2) is 12.1 Å². The summed E-state index contributed by atoms with van der Waals surface area (Å²) >= 11 is 12.1. The summed E-state index contributed by atoms with van der Waals surface area (Å²) in [5, 5.41) is 7.05. The average Bonchev–Trinajstić information content (AvgIpc) is 2.39. The van der Waals surface area contributed by atoms with Crippen LogP contribution in [0.4, 0.5) is 0 Å². The van der Waals surface area contributed by atoms with E-state index in [2.05, 4.69) is 10.6 Å². The lowest BCUT2D eigenvalue weighted by Crippen LogP contribution is -2.30. The van der Waals surface area contributed by atoms with Crippen LogP contribution in [-0.2, 0) is 4.79 Å². The predicted molar refractivity (Wildman–Crippen MR) is 76.0 cm³/mol. The molecule has 0 spiro atoms. The molecule has 4 nitrogen and oxygen atoms in total. The van der Waals surface area contributed by atoms with Crippen LogP contribution in [0.3, 0.4) is 0 Å². The molecule has 0 radical (unpaired) electrons. The second kappa shape index (κ2) is 6.46. The number of hydrogen-bond acceptors (Lipinski definition) is 3. The summed E-state index contributed by atoms with van der Waals surface area (Å²) in [5.74, 6) is 0.707. The molecule has 0 saturated heterocycles. The molecule has 1 atom stereocenters. The SMILES string of the molecule is CNC(=O)CCNC1CCOc2c(Cl)cc(Cl)cc21. The van der Waals surface area contributed by atoms with E-state index in [1.807, 2.05) is 6.07 Å². The lowest BCUT2D eigenvalue weighted by molar-refractivity contribution is -0.120. The van der Waals surface area contributed by atoms with Gasteiger partial charge in [0.05, 0.1) is 11.6 Å². The predicted octanol–water partition coefficient (Wildman–Crippen LogP) is 2.54. The van der Waals surface area contributed by atoms with Crippen LogP contribution in [0.2, 0.25) is 10.0 Å². The van der Waals surface area contributed by atoms with Gasteiger partial charge < -0.3 is 15.4 Å². The highest BCUT2D eigenvalue weighted by Crippen LogP contribution is 2.39. The highest BCUT2D eigenvalue weighted by molar-refractivity contribution is 6.35. The van der Waals surface area contributed by atoms with Crippen LogP contribution < -0.4 is 15.4 Å². The Morgan fingerprint density at radius 1 is 1.47 bits per heavy atom. The van der Waals surface area contributed by atoms with Crippen LogP contribution in [0.25, 0.3) is 0 Å². The van der Waals surface area contributed by atoms with Crippen molar-refractivity contribution in [2.75, 3.05) is 20.2 Å². The minimum Gasteiger partial charge on any atom is -0.492 e. The molecular formula is C13H16Cl2N2O2. The van der Waals surface area contributed by atoms with Crippen molar-refractivity contribution in [3.8, 4) is 5.75 Å². The van der Waals surface area contributed by atoms with E-state index in [1.165, 1.54) is 0 Å². The van der Waals surface area contributed by atoms with Gasteiger partial charge in [0.15, 0.2) is 0 Å². The molecule has 0 aromatic heterocycles. The number of rotatable bonds is 4. The van der Waals surface area contributed by atoms with Crippen LogP contribution >= 0.6 is 23.2 Å². The molecule has 104 valence electrons. The van der Waals surface area contributed by atoms with Gasteiger partial charge in [-0.05, 0) is 12.1 Å². The second-order valence-electron chi connectivity index (χ2n) is 4.37. The number of carbonyl (C=O) groups is 1. The number of halogens is 2. The fourth-order valence-corrected chi connectivity index (χ4v) is 2.69. The van der Waals surface area contributed by atoms with E-state index in [9.17, 15) is 4.79 Å². The lowest BCUT2D eigenvalue weighted by atomic mass is 10.0. The van der Waals surface area contributed by atoms with Crippen LogP contribution in [0, 0.1) is 0 Å². The Labute approximate surface area is 122 Å². The molecule has 2 N–H and O–H groups in total. The molecule has 1 heterocycles. The van der Waals surface area contributed by atoms with Crippen molar-refractivity contribution in [2.45, 2.75) is 18.9 Å². The molecule has 19 heavy (non-hydrogen) atoms. The Hall–Kier alpha value is -0.970. The highest BCUT2D eigenvalue weighted by atomic mass is 35.5. The summed E-state index contributed by atoms with van der Waals surface area (Å²) in [6.45, 7) is 1.21. The molecule has 1 aromatic rings. The molecule has 0 fully saturated rings. The molecule has 1 unspecified atom stereocenters. The van der Waals surface area contributed by atoms with Gasteiger partial charge in [0, 0.05) is 43.1 Å². The fourth-order valence-electron chi connectivity index (χ4n) is 2.12. The summed E-state index contributed by atoms with van der Waals surface area (Å²) < 4.78 is 5.58. The van der Waals surface area contributed by atoms with Crippen LogP contribution in [-0.4, -0.2) is 26.1 Å². The Morgan fingerprint density at radius 3 is 3.00 bits per heavy atom. The van der Waals surface area contributed by atoms with Gasteiger partial charge in [-0.2, -0.15) is 0 Å². The Bertz CT molecular complexity index is 480. The zero-order valence-corrected chi connectivity index (χ0v) is 12.1. The first kappa shape index (κ1) is 14.4. The monoisotopic (exact) mass is 302 g/mol. The number of nitrogens with one attached hydrogen (secondary N) is 2. The first-order valence-electron chi connectivity index (χ1n) is 6.17. The largest absolute Gasteiger partial charge is 0.492 e. The van der Waals surface area contributed by atoms with E-state index in [0.29, 0.717) is 35.4 Å². The molecular weight excluding hydrogens is 287 g/mol. The standard InChI is InChI=1S/C13H16Cl2N2O2/c1-16-12(18)2-4-17-11-3-5-19-13-9(11)6-8(14)7-10(13)15/h6-7,11,17H,2-5H2,1H3,(H,16,18). The average molecular weight is 303 g/mol. The van der Waals surface area contributed by atoms with Crippen molar-refractivity contribution in [3.63, 3.8) is 0 Å². The Balaban J connectivity index is 2.07. The smallest absolute Gasteiger partial charge is 0.221 e. The van der Waals surface area contributed by atoms with Gasteiger partial charge in [-0.25, -0.2) is 0 Å². The Kier molecular flexibility index (Phi) is 4.91. The van der Waals surface area contributed by atoms with E-state index in [1.54, 1.807) is 13.1 Å². The minimum absolute atomic E-state index is 0.0175. The number of hydrogen-bond donors (Lipinski definition) is 2. The number of amides is 1. The van der Waals surface area contributed by atoms with Crippen molar-refractivity contribution in [1.82, 2.24) is 10.6 Å². The second-order valence-corrected chi connectivity index (χ2v) is 5.22. The van der Waals surface area contributed by atoms with Crippen molar-refractivity contribution in [2.24, 2.45) is 0 Å². The molecule has 1 amide bonds. The normalized spacial score (nSPS) is 17.5. The van der Waals surface area contributed by atoms with Gasteiger partial charge >= 0.3 is 0 Å². The molecule has 6 heteroatoms. The maximum Gasteiger partial charge on any atom is 0.221 e. The third-order valence-electron chi connectivity index (χ3n) is 3.09. The summed E-state index contributed by atoms with van der Waals surface area (Å²) in [6.07, 6.45) is 1.27. The van der Waals surface area contributed by atoms with Crippen LogP contribution in [0.1, 0.15) is 24.4 Å². The molecule has 0 bridgehead atoms. The fraction of sp³-hybridized carbons (Fsp3) is 0.462. The van der Waals surface area contributed by atoms with Gasteiger partial charge in [0.2, 0.25) is 5.91 Å². The Morgan fingerprint density at radius 2 is 2.26 bits per heavy atom. The maximum atomic E-state index is 11.2. The molecule has 1 aliphatic rings. The maximum absolute atomic E-state index is 11.2. The molecule has 2 rings (SSSR count). The van der Waals surface area contributed by atoms with Gasteiger partial charge in [-0.1, -0.05) is 23.2 Å². The third kappa shape index (κ3) is 3.53. The summed E-state index contributed by atoms with van der Waals surface area (Å²) in [4.78, 5) is 11.2. The number of benzene rings is 1. The van der Waals surface area contributed by atoms with Crippen molar-refractivity contribution < 1.29 is 9.53 Å². The topological polar surface area (TPSA) is 50.4 Å². The van der Waals surface area contributed by atoms with Gasteiger partial charge in [0.1, 0.15) is 5.75 Å². The van der Waals surface area contributed by atoms with E-state index in [-0.39, 0.29) is 11.9 Å². The number of carbonyl (C=O) groups excluding carboxylic acids is 1. The van der Waals surface area contributed by atoms with E-state index in [4.69, 9.17) is 27.9 Å². The summed E-state index contributed by atoms with van der Waals surface area (Å²) in [7, 11) is 1.63. The number of ether oxygens (including phenoxy) is 1. The van der Waals surface area contributed by atoms with Gasteiger partial charge in [-0.15, -0.1) is 0 Å². The molecule has 1 aliphatic heterocycles. The first-order chi connectivity index (χ1) is 9.11. The molecule has 1 aromatic carbocycles.